The summed E-state index contributed by atoms with van der Waals surface area (Å²) >= 11 is 0. The van der Waals surface area contributed by atoms with Gasteiger partial charge in [0.05, 0.1) is 32.0 Å². The van der Waals surface area contributed by atoms with Gasteiger partial charge in [-0.15, -0.1) is 0 Å². The second-order valence-corrected chi connectivity index (χ2v) is 19.0. The van der Waals surface area contributed by atoms with E-state index in [1.807, 2.05) is 6.08 Å². The minimum atomic E-state index is -1.78. The molecule has 2 aliphatic heterocycles. The SMILES string of the molecule is CCCCCCCCCCCCC/C=C/[C@@H](O)[C@H](CO[C@@H]1O[C@H](CO)[C@@H](O[C@@H]2O[C@H](CO)[C@H](O)C(O)C2O)C(O)C1O)NC(=O)CCCCCCCCCCCCCCCCCCCC. The molecule has 2 heterocycles. The lowest BCUT2D eigenvalue weighted by Gasteiger charge is -2.46. The average molecular weight is 932 g/mol. The second-order valence-electron chi connectivity index (χ2n) is 19.0. The maximum Gasteiger partial charge on any atom is 0.220 e. The lowest BCUT2D eigenvalue weighted by Crippen LogP contribution is -2.65. The number of allylic oxidation sites excluding steroid dienone is 1. The van der Waals surface area contributed by atoms with E-state index in [-0.39, 0.29) is 18.9 Å². The Labute approximate surface area is 393 Å². The molecule has 2 aliphatic rings. The van der Waals surface area contributed by atoms with Crippen LogP contribution in [0.4, 0.5) is 0 Å². The third kappa shape index (κ3) is 25.8. The fourth-order valence-electron chi connectivity index (χ4n) is 8.88. The van der Waals surface area contributed by atoms with Gasteiger partial charge in [-0.2, -0.15) is 0 Å². The number of amides is 1. The summed E-state index contributed by atoms with van der Waals surface area (Å²) in [6.07, 6.45) is 23.9. The quantitative estimate of drug-likeness (QED) is 0.0219. The molecule has 14 nitrogen and oxygen atoms in total. The van der Waals surface area contributed by atoms with Crippen molar-refractivity contribution < 1.29 is 64.6 Å². The van der Waals surface area contributed by atoms with Crippen LogP contribution in [0.3, 0.4) is 0 Å². The standard InChI is InChI=1S/C51H97NO13/c1-3-5-7-9-11-13-15-17-18-19-20-21-23-25-27-29-31-33-35-43(56)52-39(40(55)34-32-30-28-26-24-22-16-14-12-10-8-6-4-2)38-62-50-48(61)46(59)49(42(37-54)64-50)65-51-47(60)45(58)44(57)41(36-53)63-51/h32,34,39-42,44-51,53-55,57-61H,3-31,33,35-38H2,1-2H3,(H,52,56)/b34-32+/t39-,40+,41+,42+,44-,45?,46?,47?,48?,49+,50+,51-/m0/s1. The van der Waals surface area contributed by atoms with Crippen molar-refractivity contribution >= 4 is 5.91 Å². The fraction of sp³-hybridized carbons (Fsp3) is 0.941. The van der Waals surface area contributed by atoms with Crippen LogP contribution in [0.2, 0.25) is 0 Å². The molecular weight excluding hydrogens is 835 g/mol. The van der Waals surface area contributed by atoms with Crippen LogP contribution >= 0.6 is 0 Å². The van der Waals surface area contributed by atoms with Crippen LogP contribution in [0, 0.1) is 0 Å². The minimum Gasteiger partial charge on any atom is -0.394 e. The van der Waals surface area contributed by atoms with Gasteiger partial charge in [-0.25, -0.2) is 0 Å². The first kappa shape index (κ1) is 59.9. The summed E-state index contributed by atoms with van der Waals surface area (Å²) in [5.74, 6) is -0.237. The Kier molecular flexibility index (Phi) is 35.5. The molecule has 0 spiro atoms. The fourth-order valence-corrected chi connectivity index (χ4v) is 8.88. The van der Waals surface area contributed by atoms with Gasteiger partial charge in [0, 0.05) is 6.42 Å². The summed E-state index contributed by atoms with van der Waals surface area (Å²) < 4.78 is 22.7. The van der Waals surface area contributed by atoms with Crippen molar-refractivity contribution in [2.45, 2.75) is 286 Å². The molecule has 65 heavy (non-hydrogen) atoms. The van der Waals surface area contributed by atoms with Crippen molar-refractivity contribution in [3.05, 3.63) is 12.2 Å². The molecule has 12 atom stereocenters. The minimum absolute atomic E-state index is 0.237. The van der Waals surface area contributed by atoms with E-state index >= 15 is 0 Å². The van der Waals surface area contributed by atoms with Gasteiger partial charge in [-0.05, 0) is 19.3 Å². The van der Waals surface area contributed by atoms with Gasteiger partial charge in [0.2, 0.25) is 5.91 Å². The molecule has 2 saturated heterocycles. The largest absolute Gasteiger partial charge is 0.394 e. The molecule has 0 aliphatic carbocycles. The van der Waals surface area contributed by atoms with E-state index in [1.54, 1.807) is 6.08 Å². The predicted octanol–water partition coefficient (Wildman–Crippen LogP) is 7.16. The first-order chi connectivity index (χ1) is 31.6. The van der Waals surface area contributed by atoms with Crippen LogP contribution in [0.5, 0.6) is 0 Å². The van der Waals surface area contributed by atoms with Crippen LogP contribution in [0.1, 0.15) is 213 Å². The highest BCUT2D eigenvalue weighted by molar-refractivity contribution is 5.76. The summed E-state index contributed by atoms with van der Waals surface area (Å²) in [6.45, 7) is 2.79. The van der Waals surface area contributed by atoms with Gasteiger partial charge in [0.1, 0.15) is 48.8 Å². The number of unbranched alkanes of at least 4 members (excludes halogenated alkanes) is 28. The van der Waals surface area contributed by atoms with E-state index in [0.29, 0.717) is 6.42 Å². The van der Waals surface area contributed by atoms with Crippen LogP contribution < -0.4 is 5.32 Å². The van der Waals surface area contributed by atoms with Crippen molar-refractivity contribution in [2.24, 2.45) is 0 Å². The van der Waals surface area contributed by atoms with Crippen molar-refractivity contribution in [2.75, 3.05) is 19.8 Å². The first-order valence-corrected chi connectivity index (χ1v) is 26.4. The summed E-state index contributed by atoms with van der Waals surface area (Å²) in [5, 5.41) is 86.7. The van der Waals surface area contributed by atoms with Gasteiger partial charge >= 0.3 is 0 Å². The number of hydrogen-bond acceptors (Lipinski definition) is 13. The molecule has 0 aromatic carbocycles. The van der Waals surface area contributed by atoms with E-state index in [1.165, 1.54) is 148 Å². The monoisotopic (exact) mass is 932 g/mol. The Morgan fingerprint density at radius 1 is 0.538 bits per heavy atom. The highest BCUT2D eigenvalue weighted by Crippen LogP contribution is 2.30. The number of nitrogens with one attached hydrogen (secondary N) is 1. The number of ether oxygens (including phenoxy) is 4. The molecule has 1 amide bonds. The lowest BCUT2D eigenvalue weighted by atomic mass is 9.97. The first-order valence-electron chi connectivity index (χ1n) is 26.4. The molecule has 2 rings (SSSR count). The number of hydrogen-bond donors (Lipinski definition) is 9. The normalized spacial score (nSPS) is 27.0. The number of carbonyl (C=O) groups is 1. The second kappa shape index (κ2) is 38.6. The summed E-state index contributed by atoms with van der Waals surface area (Å²) in [4.78, 5) is 13.2. The van der Waals surface area contributed by atoms with Crippen LogP contribution in [-0.4, -0.2) is 140 Å². The van der Waals surface area contributed by atoms with Crippen LogP contribution in [-0.2, 0) is 23.7 Å². The van der Waals surface area contributed by atoms with E-state index in [4.69, 9.17) is 18.9 Å². The van der Waals surface area contributed by atoms with E-state index in [9.17, 15) is 45.6 Å². The number of aliphatic hydroxyl groups is 8. The lowest BCUT2D eigenvalue weighted by molar-refractivity contribution is -0.359. The molecule has 384 valence electrons. The molecule has 9 N–H and O–H groups in total. The summed E-state index contributed by atoms with van der Waals surface area (Å²) in [6, 6.07) is -0.907. The van der Waals surface area contributed by atoms with Gasteiger partial charge in [-0.3, -0.25) is 4.79 Å². The Hall–Kier alpha value is -1.27. The Morgan fingerprint density at radius 3 is 1.42 bits per heavy atom. The molecular formula is C51H97NO13. The van der Waals surface area contributed by atoms with Crippen LogP contribution in [0.25, 0.3) is 0 Å². The molecule has 2 fully saturated rings. The molecule has 14 heteroatoms. The zero-order valence-electron chi connectivity index (χ0n) is 40.7. The number of carbonyl (C=O) groups excluding carboxylic acids is 1. The third-order valence-corrected chi connectivity index (χ3v) is 13.2. The van der Waals surface area contributed by atoms with Crippen LogP contribution in [0.15, 0.2) is 12.2 Å². The molecule has 0 saturated carbocycles. The van der Waals surface area contributed by atoms with E-state index < -0.39 is 86.8 Å². The zero-order valence-corrected chi connectivity index (χ0v) is 40.7. The van der Waals surface area contributed by atoms with Gasteiger partial charge in [-0.1, -0.05) is 199 Å². The van der Waals surface area contributed by atoms with Gasteiger partial charge in [0.25, 0.3) is 0 Å². The third-order valence-electron chi connectivity index (χ3n) is 13.2. The van der Waals surface area contributed by atoms with Gasteiger partial charge < -0.3 is 65.1 Å². The average Bonchev–Trinajstić information content (AvgIpc) is 3.30. The smallest absolute Gasteiger partial charge is 0.220 e. The Bertz CT molecular complexity index is 1150. The van der Waals surface area contributed by atoms with Crippen molar-refractivity contribution in [3.8, 4) is 0 Å². The number of rotatable bonds is 41. The maximum absolute atomic E-state index is 13.2. The summed E-state index contributed by atoms with van der Waals surface area (Å²) in [5.41, 5.74) is 0. The topological polar surface area (TPSA) is 228 Å². The summed E-state index contributed by atoms with van der Waals surface area (Å²) in [7, 11) is 0. The highest BCUT2D eigenvalue weighted by Gasteiger charge is 2.51. The molecule has 0 aromatic rings. The van der Waals surface area contributed by atoms with Crippen molar-refractivity contribution in [1.82, 2.24) is 5.32 Å². The van der Waals surface area contributed by atoms with Crippen molar-refractivity contribution in [3.63, 3.8) is 0 Å². The Balaban J connectivity index is 1.82. The zero-order chi connectivity index (χ0) is 47.5. The maximum atomic E-state index is 13.2. The molecule has 0 radical (unpaired) electrons. The Morgan fingerprint density at radius 2 is 0.954 bits per heavy atom. The number of aliphatic hydroxyl groups excluding tert-OH is 8. The highest BCUT2D eigenvalue weighted by atomic mass is 16.7. The van der Waals surface area contributed by atoms with E-state index in [2.05, 4.69) is 19.2 Å². The molecule has 0 bridgehead atoms. The van der Waals surface area contributed by atoms with Gasteiger partial charge in [0.15, 0.2) is 12.6 Å². The van der Waals surface area contributed by atoms with Crippen molar-refractivity contribution in [1.29, 1.82) is 0 Å². The van der Waals surface area contributed by atoms with E-state index in [0.717, 1.165) is 38.5 Å². The molecule has 4 unspecified atom stereocenters. The predicted molar refractivity (Wildman–Crippen MR) is 254 cm³/mol. The molecule has 0 aromatic heterocycles.